The maximum absolute atomic E-state index is 12.5. The highest BCUT2D eigenvalue weighted by molar-refractivity contribution is 6.30. The number of aryl methyl sites for hydroxylation is 2. The smallest absolute Gasteiger partial charge is 0.257 e. The number of nitrogens with zero attached hydrogens (tertiary/aromatic N) is 1. The third-order valence-electron chi connectivity index (χ3n) is 3.76. The monoisotopic (exact) mass is 351 g/mol. The summed E-state index contributed by atoms with van der Waals surface area (Å²) in [5.41, 5.74) is 4.94. The minimum Gasteiger partial charge on any atom is -0.354 e. The van der Waals surface area contributed by atoms with Gasteiger partial charge in [0, 0.05) is 22.6 Å². The Hall–Kier alpha value is -2.85. The molecule has 2 N–H and O–H groups in total. The van der Waals surface area contributed by atoms with Crippen molar-refractivity contribution in [2.24, 2.45) is 0 Å². The van der Waals surface area contributed by atoms with Gasteiger partial charge in [0.05, 0.1) is 17.4 Å². The number of pyridine rings is 1. The summed E-state index contributed by atoms with van der Waals surface area (Å²) in [4.78, 5) is 16.7. The number of nitrogens with one attached hydrogen (secondary N) is 2. The van der Waals surface area contributed by atoms with Gasteiger partial charge in [0.25, 0.3) is 5.91 Å². The average Bonchev–Trinajstić information content (AvgIpc) is 2.58. The van der Waals surface area contributed by atoms with Crippen molar-refractivity contribution in [1.82, 2.24) is 4.98 Å². The molecule has 0 aliphatic heterocycles. The number of rotatable bonds is 4. The Labute approximate surface area is 151 Å². The molecule has 0 spiro atoms. The highest BCUT2D eigenvalue weighted by Crippen LogP contribution is 2.21. The lowest BCUT2D eigenvalue weighted by Gasteiger charge is -2.11. The molecule has 0 atom stereocenters. The van der Waals surface area contributed by atoms with Crippen LogP contribution in [0.4, 0.5) is 17.1 Å². The highest BCUT2D eigenvalue weighted by Gasteiger charge is 2.09. The summed E-state index contributed by atoms with van der Waals surface area (Å²) in [6.45, 7) is 3.95. The Bertz CT molecular complexity index is 924. The first-order valence-corrected chi connectivity index (χ1v) is 8.25. The van der Waals surface area contributed by atoms with Crippen LogP contribution in [0.15, 0.2) is 60.9 Å². The van der Waals surface area contributed by atoms with Crippen LogP contribution in [0.5, 0.6) is 0 Å². The predicted molar refractivity (Wildman–Crippen MR) is 103 cm³/mol. The number of amides is 1. The summed E-state index contributed by atoms with van der Waals surface area (Å²) >= 11 is 5.99. The maximum atomic E-state index is 12.5. The minimum atomic E-state index is -0.198. The van der Waals surface area contributed by atoms with Crippen molar-refractivity contribution in [2.75, 3.05) is 10.6 Å². The van der Waals surface area contributed by atoms with Crippen LogP contribution in [-0.4, -0.2) is 10.9 Å². The van der Waals surface area contributed by atoms with Crippen molar-refractivity contribution >= 4 is 34.6 Å². The fourth-order valence-corrected chi connectivity index (χ4v) is 2.62. The summed E-state index contributed by atoms with van der Waals surface area (Å²) in [6, 6.07) is 15.1. The Morgan fingerprint density at radius 3 is 2.64 bits per heavy atom. The van der Waals surface area contributed by atoms with E-state index in [9.17, 15) is 4.79 Å². The number of hydrogen-bond acceptors (Lipinski definition) is 3. The highest BCUT2D eigenvalue weighted by atomic mass is 35.5. The molecule has 5 heteroatoms. The first-order valence-electron chi connectivity index (χ1n) is 7.87. The average molecular weight is 352 g/mol. The van der Waals surface area contributed by atoms with Gasteiger partial charge < -0.3 is 10.6 Å². The molecule has 0 saturated heterocycles. The molecule has 25 heavy (non-hydrogen) atoms. The molecule has 3 aromatic rings. The topological polar surface area (TPSA) is 54.0 Å². The normalized spacial score (nSPS) is 10.4. The summed E-state index contributed by atoms with van der Waals surface area (Å²) in [7, 11) is 0. The number of aromatic nitrogens is 1. The van der Waals surface area contributed by atoms with Crippen molar-refractivity contribution in [1.29, 1.82) is 0 Å². The Kier molecular flexibility index (Phi) is 5.00. The van der Waals surface area contributed by atoms with E-state index < -0.39 is 0 Å². The van der Waals surface area contributed by atoms with Crippen LogP contribution in [-0.2, 0) is 0 Å². The van der Waals surface area contributed by atoms with Gasteiger partial charge in [-0.3, -0.25) is 9.78 Å². The van der Waals surface area contributed by atoms with Crippen LogP contribution >= 0.6 is 11.6 Å². The predicted octanol–water partition coefficient (Wildman–Crippen LogP) is 5.35. The largest absolute Gasteiger partial charge is 0.354 e. The lowest BCUT2D eigenvalue weighted by Crippen LogP contribution is -2.13. The van der Waals surface area contributed by atoms with E-state index in [0.717, 1.165) is 28.2 Å². The minimum absolute atomic E-state index is 0.198. The quantitative estimate of drug-likeness (QED) is 0.666. The molecule has 2 aromatic carbocycles. The molecule has 0 unspecified atom stereocenters. The third kappa shape index (κ3) is 4.37. The fourth-order valence-electron chi connectivity index (χ4n) is 2.43. The molecule has 1 heterocycles. The second kappa shape index (κ2) is 7.36. The van der Waals surface area contributed by atoms with Gasteiger partial charge in [-0.25, -0.2) is 0 Å². The van der Waals surface area contributed by atoms with Gasteiger partial charge in [-0.15, -0.1) is 0 Å². The standard InChI is InChI=1S/C20H18ClN3O/c1-13-6-7-14(2)19(8-13)24-20(25)15-9-18(12-22-11-15)23-17-5-3-4-16(21)10-17/h3-12,23H,1-2H3,(H,24,25). The first kappa shape index (κ1) is 17.0. The van der Waals surface area contributed by atoms with Crippen LogP contribution < -0.4 is 10.6 Å². The number of carbonyl (C=O) groups is 1. The van der Waals surface area contributed by atoms with Gasteiger partial charge in [0.2, 0.25) is 0 Å². The molecule has 0 aliphatic rings. The van der Waals surface area contributed by atoms with Gasteiger partial charge in [-0.05, 0) is 55.3 Å². The van der Waals surface area contributed by atoms with Crippen molar-refractivity contribution in [3.05, 3.63) is 82.6 Å². The summed E-state index contributed by atoms with van der Waals surface area (Å²) < 4.78 is 0. The Morgan fingerprint density at radius 2 is 1.84 bits per heavy atom. The second-order valence-electron chi connectivity index (χ2n) is 5.87. The van der Waals surface area contributed by atoms with E-state index >= 15 is 0 Å². The summed E-state index contributed by atoms with van der Waals surface area (Å²) in [5.74, 6) is -0.198. The zero-order valence-electron chi connectivity index (χ0n) is 14.0. The van der Waals surface area contributed by atoms with Gasteiger partial charge >= 0.3 is 0 Å². The number of hydrogen-bond donors (Lipinski definition) is 2. The maximum Gasteiger partial charge on any atom is 0.257 e. The van der Waals surface area contributed by atoms with Gasteiger partial charge in [-0.1, -0.05) is 29.8 Å². The van der Waals surface area contributed by atoms with Crippen molar-refractivity contribution in [3.8, 4) is 0 Å². The number of anilines is 3. The zero-order valence-corrected chi connectivity index (χ0v) is 14.8. The summed E-state index contributed by atoms with van der Waals surface area (Å²) in [5, 5.41) is 6.78. The zero-order chi connectivity index (χ0) is 17.8. The van der Waals surface area contributed by atoms with Crippen molar-refractivity contribution < 1.29 is 4.79 Å². The molecule has 4 nitrogen and oxygen atoms in total. The molecule has 1 aromatic heterocycles. The lowest BCUT2D eigenvalue weighted by molar-refractivity contribution is 0.102. The molecular weight excluding hydrogens is 334 g/mol. The van der Waals surface area contributed by atoms with E-state index in [1.807, 2.05) is 50.2 Å². The van der Waals surface area contributed by atoms with Crippen molar-refractivity contribution in [3.63, 3.8) is 0 Å². The lowest BCUT2D eigenvalue weighted by atomic mass is 10.1. The van der Waals surface area contributed by atoms with Gasteiger partial charge in [0.1, 0.15) is 0 Å². The Morgan fingerprint density at radius 1 is 1.00 bits per heavy atom. The molecular formula is C20H18ClN3O. The van der Waals surface area contributed by atoms with E-state index in [1.165, 1.54) is 0 Å². The van der Waals surface area contributed by atoms with Crippen LogP contribution in [0.1, 0.15) is 21.5 Å². The van der Waals surface area contributed by atoms with E-state index in [4.69, 9.17) is 11.6 Å². The molecule has 3 rings (SSSR count). The SMILES string of the molecule is Cc1ccc(C)c(NC(=O)c2cncc(Nc3cccc(Cl)c3)c2)c1. The Balaban J connectivity index is 1.78. The van der Waals surface area contributed by atoms with Gasteiger partial charge in [0.15, 0.2) is 0 Å². The van der Waals surface area contributed by atoms with Gasteiger partial charge in [-0.2, -0.15) is 0 Å². The van der Waals surface area contributed by atoms with E-state index in [0.29, 0.717) is 10.6 Å². The molecule has 0 fully saturated rings. The van der Waals surface area contributed by atoms with Crippen LogP contribution in [0.2, 0.25) is 5.02 Å². The molecule has 1 amide bonds. The number of halogens is 1. The van der Waals surface area contributed by atoms with E-state index in [-0.39, 0.29) is 5.91 Å². The van der Waals surface area contributed by atoms with Crippen LogP contribution in [0.3, 0.4) is 0 Å². The van der Waals surface area contributed by atoms with Crippen LogP contribution in [0, 0.1) is 13.8 Å². The molecule has 0 bridgehead atoms. The summed E-state index contributed by atoms with van der Waals surface area (Å²) in [6.07, 6.45) is 3.21. The third-order valence-corrected chi connectivity index (χ3v) is 3.99. The van der Waals surface area contributed by atoms with E-state index in [2.05, 4.69) is 15.6 Å². The first-order chi connectivity index (χ1) is 12.0. The van der Waals surface area contributed by atoms with Crippen LogP contribution in [0.25, 0.3) is 0 Å². The second-order valence-corrected chi connectivity index (χ2v) is 6.31. The number of carbonyl (C=O) groups excluding carboxylic acids is 1. The van der Waals surface area contributed by atoms with Crippen molar-refractivity contribution in [2.45, 2.75) is 13.8 Å². The molecule has 0 radical (unpaired) electrons. The molecule has 0 saturated carbocycles. The number of benzene rings is 2. The molecule has 126 valence electrons. The fraction of sp³-hybridized carbons (Fsp3) is 0.100. The van der Waals surface area contributed by atoms with E-state index in [1.54, 1.807) is 24.5 Å². The molecule has 0 aliphatic carbocycles.